The summed E-state index contributed by atoms with van der Waals surface area (Å²) < 4.78 is 1.59. The summed E-state index contributed by atoms with van der Waals surface area (Å²) in [6.07, 6.45) is 0. The molecule has 0 aliphatic heterocycles. The molecule has 0 spiro atoms. The Morgan fingerprint density at radius 2 is 2.46 bits per heavy atom. The van der Waals surface area contributed by atoms with Gasteiger partial charge in [0.15, 0.2) is 5.82 Å². The number of aliphatic hydroxyl groups is 1. The van der Waals surface area contributed by atoms with Gasteiger partial charge >= 0.3 is 0 Å². The van der Waals surface area contributed by atoms with Gasteiger partial charge in [0.1, 0.15) is 0 Å². The molecule has 6 heteroatoms. The predicted octanol–water partition coefficient (Wildman–Crippen LogP) is 0.394. The molecular formula is C7H8N4OS. The van der Waals surface area contributed by atoms with Crippen LogP contribution in [0, 0.1) is 0 Å². The van der Waals surface area contributed by atoms with E-state index in [2.05, 4.69) is 15.5 Å². The van der Waals surface area contributed by atoms with Gasteiger partial charge in [0, 0.05) is 0 Å². The summed E-state index contributed by atoms with van der Waals surface area (Å²) in [5.74, 6) is 0.712. The molecule has 0 aromatic carbocycles. The molecule has 2 rings (SSSR count). The molecule has 0 amide bonds. The van der Waals surface area contributed by atoms with Crippen molar-refractivity contribution in [2.75, 3.05) is 6.61 Å². The third kappa shape index (κ3) is 1.58. The quantitative estimate of drug-likeness (QED) is 0.771. The first kappa shape index (κ1) is 8.33. The Kier molecular flexibility index (Phi) is 2.33. The van der Waals surface area contributed by atoms with Crippen molar-refractivity contribution < 1.29 is 5.11 Å². The van der Waals surface area contributed by atoms with Gasteiger partial charge in [-0.05, 0) is 21.9 Å². The van der Waals surface area contributed by atoms with Crippen LogP contribution in [0.2, 0.25) is 0 Å². The van der Waals surface area contributed by atoms with Crippen molar-refractivity contribution in [2.45, 2.75) is 6.54 Å². The first-order valence-electron chi connectivity index (χ1n) is 3.82. The van der Waals surface area contributed by atoms with Crippen LogP contribution in [0.4, 0.5) is 0 Å². The van der Waals surface area contributed by atoms with E-state index in [0.29, 0.717) is 12.4 Å². The zero-order valence-corrected chi connectivity index (χ0v) is 7.61. The Labute approximate surface area is 78.6 Å². The van der Waals surface area contributed by atoms with E-state index in [1.807, 2.05) is 17.5 Å². The van der Waals surface area contributed by atoms with Crippen molar-refractivity contribution in [2.24, 2.45) is 0 Å². The Balaban J connectivity index is 2.35. The van der Waals surface area contributed by atoms with Crippen LogP contribution in [-0.2, 0) is 6.54 Å². The molecule has 2 aromatic rings. The number of aliphatic hydroxyl groups excluding tert-OH is 1. The summed E-state index contributed by atoms with van der Waals surface area (Å²) in [5.41, 5.74) is 0. The largest absolute Gasteiger partial charge is 0.394 e. The molecule has 0 fully saturated rings. The minimum absolute atomic E-state index is 0.0451. The van der Waals surface area contributed by atoms with Gasteiger partial charge in [0.25, 0.3) is 0 Å². The van der Waals surface area contributed by atoms with E-state index in [1.165, 1.54) is 0 Å². The Bertz CT molecular complexity index is 370. The molecular weight excluding hydrogens is 188 g/mol. The molecule has 0 radical (unpaired) electrons. The lowest BCUT2D eigenvalue weighted by atomic mass is 10.4. The topological polar surface area (TPSA) is 63.8 Å². The molecule has 2 aromatic heterocycles. The predicted molar refractivity (Wildman–Crippen MR) is 48.2 cm³/mol. The number of hydrogen-bond donors (Lipinski definition) is 1. The number of thiophene rings is 1. The number of aromatic nitrogens is 4. The zero-order chi connectivity index (χ0) is 9.10. The van der Waals surface area contributed by atoms with Crippen molar-refractivity contribution in [3.63, 3.8) is 0 Å². The molecule has 0 aliphatic carbocycles. The summed E-state index contributed by atoms with van der Waals surface area (Å²) in [6, 6.07) is 3.89. The third-order valence-electron chi connectivity index (χ3n) is 1.59. The molecule has 2 heterocycles. The highest BCUT2D eigenvalue weighted by atomic mass is 32.1. The maximum Gasteiger partial charge on any atom is 0.192 e. The Morgan fingerprint density at radius 1 is 1.54 bits per heavy atom. The van der Waals surface area contributed by atoms with Crippen LogP contribution in [-0.4, -0.2) is 31.9 Å². The summed E-state index contributed by atoms with van der Waals surface area (Å²) in [7, 11) is 0. The molecule has 0 unspecified atom stereocenters. The number of hydrogen-bond acceptors (Lipinski definition) is 5. The van der Waals surface area contributed by atoms with Crippen molar-refractivity contribution in [1.82, 2.24) is 20.2 Å². The highest BCUT2D eigenvalue weighted by Crippen LogP contribution is 2.20. The normalized spacial score (nSPS) is 10.5. The van der Waals surface area contributed by atoms with E-state index < -0.39 is 0 Å². The second-order valence-electron chi connectivity index (χ2n) is 2.43. The average molecular weight is 196 g/mol. The van der Waals surface area contributed by atoms with E-state index >= 15 is 0 Å². The van der Waals surface area contributed by atoms with E-state index in [-0.39, 0.29) is 6.61 Å². The summed E-state index contributed by atoms with van der Waals surface area (Å²) >= 11 is 1.58. The first-order chi connectivity index (χ1) is 6.42. The van der Waals surface area contributed by atoms with Gasteiger partial charge in [-0.1, -0.05) is 6.07 Å². The molecule has 0 atom stereocenters. The molecule has 5 nitrogen and oxygen atoms in total. The minimum Gasteiger partial charge on any atom is -0.394 e. The van der Waals surface area contributed by atoms with Crippen molar-refractivity contribution in [3.8, 4) is 10.7 Å². The fraction of sp³-hybridized carbons (Fsp3) is 0.286. The standard InChI is InChI=1S/C7H8N4OS/c12-4-3-11-7(8-9-10-11)6-2-1-5-13-6/h1-2,5,12H,3-4H2. The van der Waals surface area contributed by atoms with Crippen LogP contribution in [0.5, 0.6) is 0 Å². The van der Waals surface area contributed by atoms with Crippen molar-refractivity contribution in [3.05, 3.63) is 17.5 Å². The minimum atomic E-state index is 0.0451. The van der Waals surface area contributed by atoms with E-state index in [4.69, 9.17) is 5.11 Å². The Hall–Kier alpha value is -1.27. The first-order valence-corrected chi connectivity index (χ1v) is 4.70. The van der Waals surface area contributed by atoms with E-state index in [9.17, 15) is 0 Å². The SMILES string of the molecule is OCCn1nnnc1-c1cccs1. The van der Waals surface area contributed by atoms with Gasteiger partial charge in [-0.3, -0.25) is 0 Å². The fourth-order valence-corrected chi connectivity index (χ4v) is 1.74. The second kappa shape index (κ2) is 3.63. The molecule has 68 valence electrons. The van der Waals surface area contributed by atoms with Crippen LogP contribution < -0.4 is 0 Å². The molecule has 0 saturated carbocycles. The second-order valence-corrected chi connectivity index (χ2v) is 3.37. The zero-order valence-electron chi connectivity index (χ0n) is 6.79. The van der Waals surface area contributed by atoms with Crippen LogP contribution in [0.15, 0.2) is 17.5 Å². The van der Waals surface area contributed by atoms with Crippen LogP contribution >= 0.6 is 11.3 Å². The Morgan fingerprint density at radius 3 is 3.15 bits per heavy atom. The molecule has 0 aliphatic rings. The van der Waals surface area contributed by atoms with E-state index in [1.54, 1.807) is 16.0 Å². The van der Waals surface area contributed by atoms with Gasteiger partial charge in [0.05, 0.1) is 18.0 Å². The number of rotatable bonds is 3. The van der Waals surface area contributed by atoms with Crippen LogP contribution in [0.3, 0.4) is 0 Å². The van der Waals surface area contributed by atoms with Gasteiger partial charge < -0.3 is 5.11 Å². The number of nitrogens with zero attached hydrogens (tertiary/aromatic N) is 4. The van der Waals surface area contributed by atoms with E-state index in [0.717, 1.165) is 4.88 Å². The monoisotopic (exact) mass is 196 g/mol. The smallest absolute Gasteiger partial charge is 0.192 e. The lowest BCUT2D eigenvalue weighted by Crippen LogP contribution is -2.05. The van der Waals surface area contributed by atoms with Crippen molar-refractivity contribution in [1.29, 1.82) is 0 Å². The third-order valence-corrected chi connectivity index (χ3v) is 2.45. The molecule has 0 saturated heterocycles. The number of tetrazole rings is 1. The molecule has 13 heavy (non-hydrogen) atoms. The summed E-state index contributed by atoms with van der Waals surface area (Å²) in [6.45, 7) is 0.476. The van der Waals surface area contributed by atoms with Crippen molar-refractivity contribution >= 4 is 11.3 Å². The molecule has 1 N–H and O–H groups in total. The average Bonchev–Trinajstić information content (AvgIpc) is 2.71. The fourth-order valence-electron chi connectivity index (χ4n) is 1.03. The van der Waals surface area contributed by atoms with Crippen LogP contribution in [0.1, 0.15) is 0 Å². The van der Waals surface area contributed by atoms with Gasteiger partial charge in [-0.15, -0.1) is 16.4 Å². The van der Waals surface area contributed by atoms with Gasteiger partial charge in [-0.25, -0.2) is 4.68 Å². The highest BCUT2D eigenvalue weighted by molar-refractivity contribution is 7.13. The maximum absolute atomic E-state index is 8.75. The van der Waals surface area contributed by atoms with Crippen LogP contribution in [0.25, 0.3) is 10.7 Å². The van der Waals surface area contributed by atoms with Gasteiger partial charge in [-0.2, -0.15) is 0 Å². The summed E-state index contributed by atoms with van der Waals surface area (Å²) in [5, 5.41) is 21.9. The highest BCUT2D eigenvalue weighted by Gasteiger charge is 2.08. The van der Waals surface area contributed by atoms with Gasteiger partial charge in [0.2, 0.25) is 0 Å². The maximum atomic E-state index is 8.75. The lowest BCUT2D eigenvalue weighted by molar-refractivity contribution is 0.269. The molecule has 0 bridgehead atoms. The lowest BCUT2D eigenvalue weighted by Gasteiger charge is -1.98. The summed E-state index contributed by atoms with van der Waals surface area (Å²) in [4.78, 5) is 1.01.